The minimum absolute atomic E-state index is 0.0583. The number of hydrogen-bond donors (Lipinski definition) is 1. The molecule has 0 saturated carbocycles. The molecule has 1 saturated heterocycles. The second-order valence-corrected chi connectivity index (χ2v) is 5.99. The van der Waals surface area contributed by atoms with Gasteiger partial charge in [-0.2, -0.15) is 0 Å². The average molecular weight is 215 g/mol. The highest BCUT2D eigenvalue weighted by Gasteiger charge is 2.31. The Kier molecular flexibility index (Phi) is 3.80. The van der Waals surface area contributed by atoms with Gasteiger partial charge in [0.2, 0.25) is 0 Å². The van der Waals surface area contributed by atoms with Crippen LogP contribution in [-0.4, -0.2) is 46.9 Å². The highest BCUT2D eigenvalue weighted by Crippen LogP contribution is 2.21. The Morgan fingerprint density at radius 3 is 2.53 bits per heavy atom. The fourth-order valence-electron chi connectivity index (χ4n) is 2.19. The first-order chi connectivity index (χ1) is 6.68. The van der Waals surface area contributed by atoms with Crippen molar-refractivity contribution in [3.8, 4) is 0 Å². The van der Waals surface area contributed by atoms with Crippen molar-refractivity contribution in [2.75, 3.05) is 19.6 Å². The van der Waals surface area contributed by atoms with E-state index >= 15 is 0 Å². The van der Waals surface area contributed by atoms with Crippen LogP contribution in [0.4, 0.5) is 0 Å². The monoisotopic (exact) mass is 215 g/mol. The number of ether oxygens (including phenoxy) is 1. The van der Waals surface area contributed by atoms with Gasteiger partial charge < -0.3 is 9.84 Å². The molecule has 1 aliphatic rings. The Labute approximate surface area is 93.4 Å². The first-order valence-corrected chi connectivity index (χ1v) is 5.80. The molecule has 3 nitrogen and oxygen atoms in total. The number of hydrogen-bond acceptors (Lipinski definition) is 3. The van der Waals surface area contributed by atoms with Crippen LogP contribution in [0.5, 0.6) is 0 Å². The Balaban J connectivity index is 2.42. The Morgan fingerprint density at radius 1 is 1.47 bits per heavy atom. The number of morpholine rings is 1. The molecule has 0 bridgehead atoms. The van der Waals surface area contributed by atoms with Crippen LogP contribution in [0.15, 0.2) is 0 Å². The summed E-state index contributed by atoms with van der Waals surface area (Å²) in [7, 11) is 0. The first-order valence-electron chi connectivity index (χ1n) is 5.80. The highest BCUT2D eigenvalue weighted by molar-refractivity contribution is 4.83. The van der Waals surface area contributed by atoms with E-state index in [9.17, 15) is 5.11 Å². The molecule has 3 heteroatoms. The van der Waals surface area contributed by atoms with E-state index in [0.717, 1.165) is 26.1 Å². The zero-order chi connectivity index (χ0) is 11.7. The summed E-state index contributed by atoms with van der Waals surface area (Å²) in [6, 6.07) is 0. The molecule has 0 aromatic heterocycles. The zero-order valence-electron chi connectivity index (χ0n) is 10.7. The van der Waals surface area contributed by atoms with Gasteiger partial charge in [-0.05, 0) is 41.0 Å². The maximum atomic E-state index is 9.69. The highest BCUT2D eigenvalue weighted by atomic mass is 16.5. The van der Waals surface area contributed by atoms with Crippen LogP contribution >= 0.6 is 0 Å². The second kappa shape index (κ2) is 4.40. The molecule has 1 fully saturated rings. The summed E-state index contributed by atoms with van der Waals surface area (Å²) in [6.07, 6.45) is 1.10. The normalized spacial score (nSPS) is 28.0. The topological polar surface area (TPSA) is 32.7 Å². The maximum Gasteiger partial charge on any atom is 0.0757 e. The average Bonchev–Trinajstić information content (AvgIpc) is 1.95. The predicted octanol–water partition coefficient (Wildman–Crippen LogP) is 1.65. The van der Waals surface area contributed by atoms with Gasteiger partial charge in [-0.3, -0.25) is 4.90 Å². The fraction of sp³-hybridized carbons (Fsp3) is 1.00. The van der Waals surface area contributed by atoms with Crippen LogP contribution in [0.25, 0.3) is 0 Å². The third-order valence-electron chi connectivity index (χ3n) is 2.68. The van der Waals surface area contributed by atoms with Crippen LogP contribution in [0.3, 0.4) is 0 Å². The summed E-state index contributed by atoms with van der Waals surface area (Å²) < 4.78 is 5.83. The third kappa shape index (κ3) is 4.96. The minimum atomic E-state index is -0.564. The van der Waals surface area contributed by atoms with Crippen molar-refractivity contribution in [2.24, 2.45) is 0 Å². The standard InChI is InChI=1S/C12H25NO2/c1-10-8-13(7-6-11(2,3)14)9-12(4,5)15-10/h10,14H,6-9H2,1-5H3. The van der Waals surface area contributed by atoms with E-state index in [-0.39, 0.29) is 11.7 Å². The van der Waals surface area contributed by atoms with Gasteiger partial charge in [0.1, 0.15) is 0 Å². The van der Waals surface area contributed by atoms with E-state index in [1.807, 2.05) is 13.8 Å². The van der Waals surface area contributed by atoms with Crippen LogP contribution in [0.2, 0.25) is 0 Å². The van der Waals surface area contributed by atoms with Crippen molar-refractivity contribution in [1.29, 1.82) is 0 Å². The maximum absolute atomic E-state index is 9.69. The second-order valence-electron chi connectivity index (χ2n) is 5.99. The van der Waals surface area contributed by atoms with Gasteiger partial charge in [0.25, 0.3) is 0 Å². The lowest BCUT2D eigenvalue weighted by molar-refractivity contribution is -0.131. The molecule has 1 atom stereocenters. The summed E-state index contributed by atoms with van der Waals surface area (Å²) in [4.78, 5) is 2.38. The Hall–Kier alpha value is -0.120. The lowest BCUT2D eigenvalue weighted by Crippen LogP contribution is -2.52. The molecule has 0 radical (unpaired) electrons. The number of nitrogens with zero attached hydrogens (tertiary/aromatic N) is 1. The number of rotatable bonds is 3. The predicted molar refractivity (Wildman–Crippen MR) is 62.0 cm³/mol. The molecule has 1 N–H and O–H groups in total. The van der Waals surface area contributed by atoms with Gasteiger partial charge in [0.15, 0.2) is 0 Å². The van der Waals surface area contributed by atoms with Crippen LogP contribution in [-0.2, 0) is 4.74 Å². The van der Waals surface area contributed by atoms with E-state index in [1.165, 1.54) is 0 Å². The molecule has 1 unspecified atom stereocenters. The van der Waals surface area contributed by atoms with E-state index in [1.54, 1.807) is 0 Å². The smallest absolute Gasteiger partial charge is 0.0757 e. The summed E-state index contributed by atoms with van der Waals surface area (Å²) in [5, 5.41) is 9.69. The van der Waals surface area contributed by atoms with E-state index in [0.29, 0.717) is 0 Å². The summed E-state index contributed by atoms with van der Waals surface area (Å²) >= 11 is 0. The van der Waals surface area contributed by atoms with Crippen LogP contribution in [0.1, 0.15) is 41.0 Å². The summed E-state index contributed by atoms with van der Waals surface area (Å²) in [5.41, 5.74) is -0.622. The van der Waals surface area contributed by atoms with Gasteiger partial charge >= 0.3 is 0 Å². The number of aliphatic hydroxyl groups is 1. The van der Waals surface area contributed by atoms with Crippen LogP contribution < -0.4 is 0 Å². The molecule has 0 aromatic carbocycles. The van der Waals surface area contributed by atoms with Crippen molar-refractivity contribution in [1.82, 2.24) is 4.90 Å². The van der Waals surface area contributed by atoms with Crippen LogP contribution in [0, 0.1) is 0 Å². The van der Waals surface area contributed by atoms with Gasteiger partial charge in [-0.15, -0.1) is 0 Å². The summed E-state index contributed by atoms with van der Waals surface area (Å²) in [6.45, 7) is 13.0. The third-order valence-corrected chi connectivity index (χ3v) is 2.68. The molecule has 1 heterocycles. The summed E-state index contributed by atoms with van der Waals surface area (Å²) in [5.74, 6) is 0. The van der Waals surface area contributed by atoms with Gasteiger partial charge in [-0.1, -0.05) is 0 Å². The molecule has 15 heavy (non-hydrogen) atoms. The lowest BCUT2D eigenvalue weighted by atomic mass is 10.0. The molecule has 90 valence electrons. The van der Waals surface area contributed by atoms with E-state index in [4.69, 9.17) is 4.74 Å². The van der Waals surface area contributed by atoms with Crippen molar-refractivity contribution < 1.29 is 9.84 Å². The minimum Gasteiger partial charge on any atom is -0.390 e. The molecule has 0 aliphatic carbocycles. The molecule has 0 aromatic rings. The first kappa shape index (κ1) is 12.9. The van der Waals surface area contributed by atoms with Crippen molar-refractivity contribution >= 4 is 0 Å². The SMILES string of the molecule is CC1CN(CCC(C)(C)O)CC(C)(C)O1. The van der Waals surface area contributed by atoms with E-state index < -0.39 is 5.60 Å². The van der Waals surface area contributed by atoms with Crippen molar-refractivity contribution in [3.05, 3.63) is 0 Å². The largest absolute Gasteiger partial charge is 0.390 e. The molecule has 0 spiro atoms. The van der Waals surface area contributed by atoms with Gasteiger partial charge in [-0.25, -0.2) is 0 Å². The molecule has 1 aliphatic heterocycles. The molecule has 1 rings (SSSR count). The van der Waals surface area contributed by atoms with Crippen molar-refractivity contribution in [2.45, 2.75) is 58.3 Å². The quantitative estimate of drug-likeness (QED) is 0.777. The lowest BCUT2D eigenvalue weighted by Gasteiger charge is -2.42. The fourth-order valence-corrected chi connectivity index (χ4v) is 2.19. The molecular formula is C12H25NO2. The Morgan fingerprint density at radius 2 is 2.07 bits per heavy atom. The van der Waals surface area contributed by atoms with E-state index in [2.05, 4.69) is 25.7 Å². The Bertz CT molecular complexity index is 208. The van der Waals surface area contributed by atoms with Gasteiger partial charge in [0, 0.05) is 19.6 Å². The van der Waals surface area contributed by atoms with Crippen molar-refractivity contribution in [3.63, 3.8) is 0 Å². The van der Waals surface area contributed by atoms with Gasteiger partial charge in [0.05, 0.1) is 17.3 Å². The molecule has 0 amide bonds. The zero-order valence-corrected chi connectivity index (χ0v) is 10.7. The molecular weight excluding hydrogens is 190 g/mol.